The molecule has 0 amide bonds. The van der Waals surface area contributed by atoms with Crippen LogP contribution in [0.25, 0.3) is 5.65 Å². The number of aryl methyl sites for hydroxylation is 1. The molecule has 0 saturated carbocycles. The van der Waals surface area contributed by atoms with E-state index >= 15 is 0 Å². The van der Waals surface area contributed by atoms with Crippen LogP contribution in [-0.2, 0) is 21.4 Å². The Balaban J connectivity index is 1.87. The van der Waals surface area contributed by atoms with Crippen LogP contribution in [0.1, 0.15) is 27.2 Å². The number of carbonyl (C=O) groups excluding carboxylic acids is 1. The van der Waals surface area contributed by atoms with Gasteiger partial charge in [-0.05, 0) is 49.2 Å². The van der Waals surface area contributed by atoms with Gasteiger partial charge < -0.3 is 4.74 Å². The van der Waals surface area contributed by atoms with Crippen LogP contribution in [0.2, 0.25) is 5.02 Å². The Kier molecular flexibility index (Phi) is 5.24. The Morgan fingerprint density at radius 1 is 1.25 bits per heavy atom. The number of fused-ring (bicyclic) bond motifs is 1. The van der Waals surface area contributed by atoms with Gasteiger partial charge in [-0.1, -0.05) is 11.6 Å². The Morgan fingerprint density at radius 2 is 1.96 bits per heavy atom. The fraction of sp³-hybridized carbons (Fsp3) is 0.167. The molecule has 0 aliphatic carbocycles. The van der Waals surface area contributed by atoms with Crippen LogP contribution in [0, 0.1) is 13.8 Å². The van der Waals surface area contributed by atoms with Crippen LogP contribution in [0.3, 0.4) is 0 Å². The third kappa shape index (κ3) is 4.06. The van der Waals surface area contributed by atoms with Crippen molar-refractivity contribution < 1.29 is 17.9 Å². The van der Waals surface area contributed by atoms with Gasteiger partial charge in [0.05, 0.1) is 21.2 Å². The smallest absolute Gasteiger partial charge is 0.338 e. The minimum atomic E-state index is -3.99. The molecule has 2 heterocycles. The Bertz CT molecular complexity index is 1270. The number of hydrogen-bond donors (Lipinski definition) is 1. The minimum absolute atomic E-state index is 0.0383. The molecule has 0 spiro atoms. The summed E-state index contributed by atoms with van der Waals surface area (Å²) in [5.74, 6) is -0.758. The number of hydrogen-bond acceptors (Lipinski definition) is 6. The van der Waals surface area contributed by atoms with Gasteiger partial charge >= 0.3 is 5.97 Å². The van der Waals surface area contributed by atoms with Crippen molar-refractivity contribution in [2.24, 2.45) is 5.14 Å². The minimum Gasteiger partial charge on any atom is -0.456 e. The van der Waals surface area contributed by atoms with Crippen molar-refractivity contribution in [3.05, 3.63) is 74.3 Å². The summed E-state index contributed by atoms with van der Waals surface area (Å²) in [4.78, 5) is 28.6. The number of halogens is 1. The Morgan fingerprint density at radius 3 is 2.64 bits per heavy atom. The number of pyridine rings is 1. The molecule has 0 atom stereocenters. The highest BCUT2D eigenvalue weighted by atomic mass is 35.5. The van der Waals surface area contributed by atoms with Gasteiger partial charge in [-0.3, -0.25) is 9.20 Å². The standard InChI is InChI=1S/C18H16ClN3O5S/c1-10-5-12(6-15(11(10)2)28(20,25)26)18(24)27-9-14-7-17(23)22-8-13(19)3-4-16(22)21-14/h3-8H,9H2,1-2H3,(H2,20,25,26). The molecule has 1 aromatic carbocycles. The summed E-state index contributed by atoms with van der Waals surface area (Å²) < 4.78 is 29.9. The second-order valence-corrected chi connectivity index (χ2v) is 8.16. The number of benzene rings is 1. The van der Waals surface area contributed by atoms with Gasteiger partial charge in [0.2, 0.25) is 10.0 Å². The summed E-state index contributed by atoms with van der Waals surface area (Å²) >= 11 is 5.86. The lowest BCUT2D eigenvalue weighted by Crippen LogP contribution is -2.17. The van der Waals surface area contributed by atoms with Gasteiger partial charge in [-0.2, -0.15) is 0 Å². The van der Waals surface area contributed by atoms with E-state index < -0.39 is 16.0 Å². The van der Waals surface area contributed by atoms with E-state index in [2.05, 4.69) is 4.98 Å². The second kappa shape index (κ2) is 7.34. The maximum absolute atomic E-state index is 12.4. The molecular formula is C18H16ClN3O5S. The molecule has 0 aliphatic heterocycles. The monoisotopic (exact) mass is 421 g/mol. The third-order valence-electron chi connectivity index (χ3n) is 4.19. The van der Waals surface area contributed by atoms with Crippen molar-refractivity contribution >= 4 is 33.2 Å². The van der Waals surface area contributed by atoms with E-state index in [1.54, 1.807) is 26.0 Å². The van der Waals surface area contributed by atoms with E-state index in [4.69, 9.17) is 21.5 Å². The molecule has 0 radical (unpaired) electrons. The van der Waals surface area contributed by atoms with E-state index in [0.29, 0.717) is 21.8 Å². The number of carbonyl (C=O) groups is 1. The molecule has 0 unspecified atom stereocenters. The molecule has 8 nitrogen and oxygen atoms in total. The summed E-state index contributed by atoms with van der Waals surface area (Å²) in [6.45, 7) is 3.01. The predicted octanol–water partition coefficient (Wildman–Crippen LogP) is 1.97. The van der Waals surface area contributed by atoms with Gasteiger partial charge in [-0.15, -0.1) is 0 Å². The molecule has 0 saturated heterocycles. The summed E-state index contributed by atoms with van der Waals surface area (Å²) in [5.41, 5.74) is 1.30. The third-order valence-corrected chi connectivity index (χ3v) is 5.45. The molecule has 3 aromatic rings. The number of primary sulfonamides is 1. The van der Waals surface area contributed by atoms with E-state index in [1.807, 2.05) is 0 Å². The van der Waals surface area contributed by atoms with Gasteiger partial charge in [0.1, 0.15) is 12.3 Å². The van der Waals surface area contributed by atoms with E-state index in [0.717, 1.165) is 0 Å². The van der Waals surface area contributed by atoms with Crippen LogP contribution in [0.15, 0.2) is 46.2 Å². The molecule has 10 heteroatoms. The fourth-order valence-electron chi connectivity index (χ4n) is 2.66. The number of esters is 1. The average Bonchev–Trinajstić information content (AvgIpc) is 2.61. The number of nitrogens with zero attached hydrogens (tertiary/aromatic N) is 2. The topological polar surface area (TPSA) is 121 Å². The number of rotatable bonds is 4. The second-order valence-electron chi connectivity index (χ2n) is 6.20. The first kappa shape index (κ1) is 20.0. The van der Waals surface area contributed by atoms with Crippen molar-refractivity contribution in [3.63, 3.8) is 0 Å². The largest absolute Gasteiger partial charge is 0.456 e. The molecule has 0 fully saturated rings. The van der Waals surface area contributed by atoms with Crippen LogP contribution in [0.5, 0.6) is 0 Å². The highest BCUT2D eigenvalue weighted by Gasteiger charge is 2.18. The van der Waals surface area contributed by atoms with Gasteiger partial charge in [-0.25, -0.2) is 23.3 Å². The number of nitrogens with two attached hydrogens (primary N) is 1. The lowest BCUT2D eigenvalue weighted by molar-refractivity contribution is 0.0467. The van der Waals surface area contributed by atoms with Crippen LogP contribution in [0.4, 0.5) is 0 Å². The SMILES string of the molecule is Cc1cc(C(=O)OCc2cc(=O)n3cc(Cl)ccc3n2)cc(S(N)(=O)=O)c1C. The Hall–Kier alpha value is -2.75. The maximum Gasteiger partial charge on any atom is 0.338 e. The average molecular weight is 422 g/mol. The van der Waals surface area contributed by atoms with E-state index in [1.165, 1.54) is 28.8 Å². The molecule has 146 valence electrons. The number of ether oxygens (including phenoxy) is 1. The van der Waals surface area contributed by atoms with Gasteiger partial charge in [0.15, 0.2) is 0 Å². The maximum atomic E-state index is 12.4. The summed E-state index contributed by atoms with van der Waals surface area (Å²) in [6, 6.07) is 7.06. The van der Waals surface area contributed by atoms with Crippen LogP contribution in [-0.4, -0.2) is 23.8 Å². The number of aromatic nitrogens is 2. The molecule has 0 bridgehead atoms. The lowest BCUT2D eigenvalue weighted by atomic mass is 10.1. The van der Waals surface area contributed by atoms with Crippen LogP contribution >= 0.6 is 11.6 Å². The fourth-order valence-corrected chi connectivity index (χ4v) is 3.70. The zero-order valence-electron chi connectivity index (χ0n) is 15.0. The van der Waals surface area contributed by atoms with Crippen molar-refractivity contribution in [2.45, 2.75) is 25.3 Å². The normalized spacial score (nSPS) is 11.6. The highest BCUT2D eigenvalue weighted by molar-refractivity contribution is 7.89. The van der Waals surface area contributed by atoms with Gasteiger partial charge in [0.25, 0.3) is 5.56 Å². The lowest BCUT2D eigenvalue weighted by Gasteiger charge is -2.11. The van der Waals surface area contributed by atoms with Crippen molar-refractivity contribution in [1.82, 2.24) is 9.38 Å². The summed E-state index contributed by atoms with van der Waals surface area (Å²) in [6.07, 6.45) is 1.44. The predicted molar refractivity (Wildman–Crippen MR) is 103 cm³/mol. The first-order valence-electron chi connectivity index (χ1n) is 8.05. The summed E-state index contributed by atoms with van der Waals surface area (Å²) in [7, 11) is -3.99. The first-order chi connectivity index (χ1) is 13.1. The summed E-state index contributed by atoms with van der Waals surface area (Å²) in [5, 5.41) is 5.59. The Labute approximate surface area is 165 Å². The zero-order chi connectivity index (χ0) is 20.6. The molecule has 2 N–H and O–H groups in total. The van der Waals surface area contributed by atoms with Gasteiger partial charge in [0, 0.05) is 12.3 Å². The highest BCUT2D eigenvalue weighted by Crippen LogP contribution is 2.21. The molecule has 0 aliphatic rings. The molecule has 28 heavy (non-hydrogen) atoms. The zero-order valence-corrected chi connectivity index (χ0v) is 16.5. The molecule has 2 aromatic heterocycles. The quantitative estimate of drug-likeness (QED) is 0.643. The molecule has 3 rings (SSSR count). The number of sulfonamides is 1. The first-order valence-corrected chi connectivity index (χ1v) is 9.98. The van der Waals surface area contributed by atoms with Crippen molar-refractivity contribution in [1.29, 1.82) is 0 Å². The van der Waals surface area contributed by atoms with E-state index in [9.17, 15) is 18.0 Å². The van der Waals surface area contributed by atoms with Crippen molar-refractivity contribution in [3.8, 4) is 0 Å². The van der Waals surface area contributed by atoms with Crippen LogP contribution < -0.4 is 10.7 Å². The van der Waals surface area contributed by atoms with E-state index in [-0.39, 0.29) is 28.3 Å². The molecular weight excluding hydrogens is 406 g/mol. The van der Waals surface area contributed by atoms with Crippen molar-refractivity contribution in [2.75, 3.05) is 0 Å².